The summed E-state index contributed by atoms with van der Waals surface area (Å²) >= 11 is 13.8. The van der Waals surface area contributed by atoms with Crippen LogP contribution in [0.3, 0.4) is 0 Å². The molecule has 2 heterocycles. The number of hydrogen-bond donors (Lipinski definition) is 2. The van der Waals surface area contributed by atoms with Gasteiger partial charge in [-0.3, -0.25) is 28.9 Å². The Morgan fingerprint density at radius 3 is 2.09 bits per heavy atom. The van der Waals surface area contributed by atoms with Crippen LogP contribution in [0.5, 0.6) is 5.75 Å². The number of aliphatic carboxylic acids is 1. The zero-order valence-electron chi connectivity index (χ0n) is 22.8. The lowest BCUT2D eigenvalue weighted by atomic mass is 9.56. The van der Waals surface area contributed by atoms with Crippen molar-refractivity contribution in [2.24, 2.45) is 17.8 Å². The van der Waals surface area contributed by atoms with E-state index < -0.39 is 129 Å². The molecular weight excluding hydrogens is 673 g/mol. The third-order valence-electron chi connectivity index (χ3n) is 9.17. The van der Waals surface area contributed by atoms with Crippen LogP contribution in [0.4, 0.5) is 32.0 Å². The molecule has 6 atom stereocenters. The predicted molar refractivity (Wildman–Crippen MR) is 143 cm³/mol. The fourth-order valence-corrected chi connectivity index (χ4v) is 8.07. The molecule has 2 aromatic rings. The molecule has 4 aliphatic rings. The molecule has 0 radical (unpaired) electrons. The Kier molecular flexibility index (Phi) is 7.24. The van der Waals surface area contributed by atoms with Gasteiger partial charge < -0.3 is 10.2 Å². The second-order valence-electron chi connectivity index (χ2n) is 11.4. The van der Waals surface area contributed by atoms with Gasteiger partial charge >= 0.3 is 5.97 Å². The summed E-state index contributed by atoms with van der Waals surface area (Å²) in [7, 11) is 0. The number of phenols is 1. The molecule has 2 saturated heterocycles. The largest absolute Gasteiger partial charge is 0.505 e. The number of imide groups is 2. The highest BCUT2D eigenvalue weighted by Gasteiger charge is 2.77. The Bertz CT molecular complexity index is 1810. The molecule has 2 N–H and O–H groups in total. The van der Waals surface area contributed by atoms with Crippen LogP contribution in [0.25, 0.3) is 0 Å². The molecule has 0 aromatic heterocycles. The molecule has 6 rings (SSSR count). The van der Waals surface area contributed by atoms with Crippen molar-refractivity contribution >= 4 is 58.5 Å². The van der Waals surface area contributed by atoms with Crippen LogP contribution in [0.2, 0.25) is 0 Å². The molecule has 2 aromatic carbocycles. The highest BCUT2D eigenvalue weighted by atomic mass is 35.5. The minimum atomic E-state index is -2.85. The van der Waals surface area contributed by atoms with Gasteiger partial charge in [0, 0.05) is 12.5 Å². The Morgan fingerprint density at radius 1 is 0.891 bits per heavy atom. The number of phenolic OH excluding ortho intramolecular Hbond substituents is 1. The van der Waals surface area contributed by atoms with Crippen LogP contribution in [0.1, 0.15) is 30.7 Å². The second-order valence-corrected chi connectivity index (χ2v) is 12.6. The van der Waals surface area contributed by atoms with E-state index in [0.29, 0.717) is 0 Å². The summed E-state index contributed by atoms with van der Waals surface area (Å²) in [6, 6.07) is 2.66. The average Bonchev–Trinajstić information content (AvgIpc) is 3.33. The smallest absolute Gasteiger partial charge is 0.305 e. The third-order valence-corrected chi connectivity index (χ3v) is 10.6. The van der Waals surface area contributed by atoms with Crippen molar-refractivity contribution in [3.63, 3.8) is 0 Å². The molecule has 242 valence electrons. The normalized spacial score (nSPS) is 30.4. The van der Waals surface area contributed by atoms with Gasteiger partial charge in [-0.15, -0.1) is 23.2 Å². The van der Waals surface area contributed by atoms with Gasteiger partial charge in [0.2, 0.25) is 17.6 Å². The molecule has 2 aliphatic heterocycles. The fraction of sp³-hybridized carbons (Fsp3) is 0.345. The maximum atomic E-state index is 15.0. The molecule has 17 heteroatoms. The first-order chi connectivity index (χ1) is 21.5. The van der Waals surface area contributed by atoms with E-state index in [9.17, 15) is 46.6 Å². The van der Waals surface area contributed by atoms with Gasteiger partial charge in [-0.05, 0) is 36.5 Å². The first-order valence-corrected chi connectivity index (χ1v) is 14.3. The molecule has 4 amide bonds. The molecular formula is C29H18Cl2F6N2O7. The number of carbonyl (C=O) groups is 5. The fourth-order valence-electron chi connectivity index (χ4n) is 7.14. The molecule has 0 bridgehead atoms. The number of likely N-dealkylation sites (tertiary alicyclic amines) is 1. The minimum Gasteiger partial charge on any atom is -0.505 e. The van der Waals surface area contributed by atoms with Crippen LogP contribution >= 0.6 is 23.2 Å². The van der Waals surface area contributed by atoms with E-state index in [0.717, 1.165) is 23.1 Å². The zero-order chi connectivity index (χ0) is 33.8. The molecule has 3 fully saturated rings. The number of anilines is 1. The van der Waals surface area contributed by atoms with Crippen LogP contribution in [-0.2, 0) is 24.0 Å². The van der Waals surface area contributed by atoms with E-state index in [1.807, 2.05) is 0 Å². The summed E-state index contributed by atoms with van der Waals surface area (Å²) < 4.78 is 87.1. The van der Waals surface area contributed by atoms with E-state index in [2.05, 4.69) is 0 Å². The number of fused-ring (bicyclic) bond motifs is 4. The van der Waals surface area contributed by atoms with Gasteiger partial charge in [-0.1, -0.05) is 17.7 Å². The quantitative estimate of drug-likeness (QED) is 0.120. The van der Waals surface area contributed by atoms with E-state index in [1.54, 1.807) is 0 Å². The van der Waals surface area contributed by atoms with Crippen LogP contribution < -0.4 is 4.90 Å². The van der Waals surface area contributed by atoms with E-state index in [1.165, 1.54) is 6.08 Å². The number of rotatable bonds is 5. The molecule has 46 heavy (non-hydrogen) atoms. The number of aromatic hydroxyl groups is 1. The van der Waals surface area contributed by atoms with Crippen molar-refractivity contribution in [1.82, 2.24) is 4.90 Å². The summed E-state index contributed by atoms with van der Waals surface area (Å²) in [5.74, 6) is -26.4. The highest BCUT2D eigenvalue weighted by molar-refractivity contribution is 6.58. The first-order valence-electron chi connectivity index (χ1n) is 13.5. The summed E-state index contributed by atoms with van der Waals surface area (Å²) in [6.07, 6.45) is -0.143. The van der Waals surface area contributed by atoms with Crippen molar-refractivity contribution in [3.8, 4) is 5.75 Å². The van der Waals surface area contributed by atoms with E-state index in [4.69, 9.17) is 28.3 Å². The Hall–Kier alpha value is -4.11. The SMILES string of the molecule is O=C(O)CCN1C(=O)C2CC=C3C(CC4(Cl)C(=O)N(c5c(F)c(F)c(F)c(F)c5F)C(=O)C4(Cl)C3c3ccc(O)c(F)c3)C2C1=O. The van der Waals surface area contributed by atoms with Crippen LogP contribution in [0, 0.1) is 52.7 Å². The van der Waals surface area contributed by atoms with Gasteiger partial charge in [0.15, 0.2) is 44.6 Å². The van der Waals surface area contributed by atoms with Gasteiger partial charge in [-0.2, -0.15) is 0 Å². The van der Waals surface area contributed by atoms with E-state index >= 15 is 8.78 Å². The maximum absolute atomic E-state index is 15.0. The third kappa shape index (κ3) is 3.99. The summed E-state index contributed by atoms with van der Waals surface area (Å²) in [5.41, 5.74) is -2.12. The average molecular weight is 691 g/mol. The molecule has 9 nitrogen and oxygen atoms in total. The van der Waals surface area contributed by atoms with Crippen molar-refractivity contribution in [1.29, 1.82) is 0 Å². The Morgan fingerprint density at radius 2 is 1.50 bits per heavy atom. The van der Waals surface area contributed by atoms with Crippen molar-refractivity contribution in [3.05, 3.63) is 70.3 Å². The summed E-state index contributed by atoms with van der Waals surface area (Å²) in [5, 5.41) is 18.9. The molecule has 2 aliphatic carbocycles. The number of carboxylic acids is 1. The molecule has 0 spiro atoms. The number of benzene rings is 2. The lowest BCUT2D eigenvalue weighted by Crippen LogP contribution is -2.60. The lowest BCUT2D eigenvalue weighted by Gasteiger charge is -2.50. The van der Waals surface area contributed by atoms with Crippen LogP contribution in [-0.4, -0.2) is 61.0 Å². The Balaban J connectivity index is 1.56. The Labute approximate surface area is 263 Å². The number of hydrogen-bond acceptors (Lipinski definition) is 6. The summed E-state index contributed by atoms with van der Waals surface area (Å²) in [6.45, 7) is -0.494. The van der Waals surface area contributed by atoms with Crippen molar-refractivity contribution in [2.45, 2.75) is 34.9 Å². The number of nitrogens with zero attached hydrogens (tertiary/aromatic N) is 2. The highest BCUT2D eigenvalue weighted by Crippen LogP contribution is 2.66. The topological polar surface area (TPSA) is 132 Å². The maximum Gasteiger partial charge on any atom is 0.305 e. The van der Waals surface area contributed by atoms with Gasteiger partial charge in [0.25, 0.3) is 11.8 Å². The minimum absolute atomic E-state index is 0.0688. The number of carbonyl (C=O) groups excluding carboxylic acids is 4. The van der Waals surface area contributed by atoms with E-state index in [-0.39, 0.29) is 22.5 Å². The second kappa shape index (κ2) is 10.5. The number of allylic oxidation sites excluding steroid dienone is 2. The molecule has 6 unspecified atom stereocenters. The number of carboxylic acid groups (broad SMARTS) is 1. The van der Waals surface area contributed by atoms with Gasteiger partial charge in [0.05, 0.1) is 18.3 Å². The number of amides is 4. The van der Waals surface area contributed by atoms with Crippen molar-refractivity contribution in [2.75, 3.05) is 11.4 Å². The van der Waals surface area contributed by atoms with Crippen LogP contribution in [0.15, 0.2) is 29.8 Å². The zero-order valence-corrected chi connectivity index (χ0v) is 24.3. The van der Waals surface area contributed by atoms with Gasteiger partial charge in [0.1, 0.15) is 5.69 Å². The monoisotopic (exact) mass is 690 g/mol. The van der Waals surface area contributed by atoms with Gasteiger partial charge in [-0.25, -0.2) is 31.2 Å². The standard InChI is InChI=1S/C29H18Cl2F6N2O7/c30-28-8-12-10(2-3-11-16(12)25(44)38(24(11)43)6-5-15(41)42)17(9-1-4-14(40)13(32)7-9)29(28,31)27(46)39(26(28)45)23-21(36)19(34)18(33)20(35)22(23)37/h1-2,4,7,11-12,16-17,40H,3,5-6,8H2,(H,41,42). The predicted octanol–water partition coefficient (Wildman–Crippen LogP) is 4.26. The lowest BCUT2D eigenvalue weighted by molar-refractivity contribution is -0.142. The number of halogens is 8. The first kappa shape index (κ1) is 31.9. The summed E-state index contributed by atoms with van der Waals surface area (Å²) in [4.78, 5) is 60.8. The number of alkyl halides is 2. The van der Waals surface area contributed by atoms with Crippen molar-refractivity contribution < 1.29 is 60.5 Å². The molecule has 1 saturated carbocycles.